The normalized spacial score (nSPS) is 21.2. The number of hydrogen-bond donors (Lipinski definition) is 1. The van der Waals surface area contributed by atoms with Gasteiger partial charge in [-0.15, -0.1) is 0 Å². The molecule has 1 fully saturated rings. The molecule has 0 aromatic heterocycles. The van der Waals surface area contributed by atoms with Crippen LogP contribution in [-0.2, 0) is 0 Å². The summed E-state index contributed by atoms with van der Waals surface area (Å²) < 4.78 is 0. The van der Waals surface area contributed by atoms with E-state index >= 15 is 0 Å². The van der Waals surface area contributed by atoms with E-state index in [1.807, 2.05) is 0 Å². The average Bonchev–Trinajstić information content (AvgIpc) is 2.28. The lowest BCUT2D eigenvalue weighted by molar-refractivity contribution is 0.173. The van der Waals surface area contributed by atoms with Gasteiger partial charge in [-0.3, -0.25) is 0 Å². The molecule has 1 aliphatic rings. The molecule has 0 saturated carbocycles. The van der Waals surface area contributed by atoms with Gasteiger partial charge >= 0.3 is 0 Å². The number of nitrogens with zero attached hydrogens (tertiary/aromatic N) is 1. The van der Waals surface area contributed by atoms with Gasteiger partial charge in [0.05, 0.1) is 0 Å². The molecule has 2 nitrogen and oxygen atoms in total. The molecule has 1 atom stereocenters. The smallest absolute Gasteiger partial charge is 0.00914 e. The van der Waals surface area contributed by atoms with Gasteiger partial charge in [-0.2, -0.15) is 0 Å². The molecule has 2 heteroatoms. The SMILES string of the molecule is CCCNC1CCN(CC(C)CCC)CC1. The third kappa shape index (κ3) is 5.31. The van der Waals surface area contributed by atoms with Gasteiger partial charge in [0, 0.05) is 12.6 Å². The van der Waals surface area contributed by atoms with E-state index in [4.69, 9.17) is 0 Å². The molecule has 1 aliphatic heterocycles. The van der Waals surface area contributed by atoms with Crippen LogP contribution in [0.25, 0.3) is 0 Å². The first kappa shape index (κ1) is 14.0. The molecule has 1 heterocycles. The van der Waals surface area contributed by atoms with Crippen molar-refractivity contribution in [3.63, 3.8) is 0 Å². The van der Waals surface area contributed by atoms with E-state index in [1.54, 1.807) is 0 Å². The number of nitrogens with one attached hydrogen (secondary N) is 1. The minimum Gasteiger partial charge on any atom is -0.314 e. The van der Waals surface area contributed by atoms with E-state index in [1.165, 1.54) is 58.3 Å². The zero-order valence-electron chi connectivity index (χ0n) is 11.5. The molecule has 1 rings (SSSR count). The number of piperidine rings is 1. The minimum absolute atomic E-state index is 0.790. The second kappa shape index (κ2) is 8.08. The summed E-state index contributed by atoms with van der Waals surface area (Å²) in [6.07, 6.45) is 6.66. The molecular weight excluding hydrogens is 196 g/mol. The maximum absolute atomic E-state index is 3.64. The Bertz CT molecular complexity index is 162. The molecular formula is C14H30N2. The van der Waals surface area contributed by atoms with Crippen molar-refractivity contribution in [1.29, 1.82) is 0 Å². The van der Waals surface area contributed by atoms with Crippen LogP contribution in [0.4, 0.5) is 0 Å². The van der Waals surface area contributed by atoms with Crippen molar-refractivity contribution in [2.24, 2.45) is 5.92 Å². The fraction of sp³-hybridized carbons (Fsp3) is 1.00. The van der Waals surface area contributed by atoms with Crippen LogP contribution in [-0.4, -0.2) is 37.1 Å². The summed E-state index contributed by atoms with van der Waals surface area (Å²) in [5.41, 5.74) is 0. The molecule has 16 heavy (non-hydrogen) atoms. The maximum Gasteiger partial charge on any atom is 0.00914 e. The Morgan fingerprint density at radius 1 is 1.19 bits per heavy atom. The van der Waals surface area contributed by atoms with Gasteiger partial charge in [-0.1, -0.05) is 27.2 Å². The van der Waals surface area contributed by atoms with Crippen LogP contribution >= 0.6 is 0 Å². The highest BCUT2D eigenvalue weighted by Crippen LogP contribution is 2.14. The predicted octanol–water partition coefficient (Wildman–Crippen LogP) is 2.89. The van der Waals surface area contributed by atoms with Gasteiger partial charge in [0.1, 0.15) is 0 Å². The molecule has 1 N–H and O–H groups in total. The van der Waals surface area contributed by atoms with Gasteiger partial charge in [0.2, 0.25) is 0 Å². The van der Waals surface area contributed by atoms with Crippen molar-refractivity contribution in [1.82, 2.24) is 10.2 Å². The summed E-state index contributed by atoms with van der Waals surface area (Å²) in [6.45, 7) is 12.0. The minimum atomic E-state index is 0.790. The van der Waals surface area contributed by atoms with Gasteiger partial charge < -0.3 is 10.2 Å². The summed E-state index contributed by atoms with van der Waals surface area (Å²) in [4.78, 5) is 2.66. The van der Waals surface area contributed by atoms with E-state index in [0.717, 1.165) is 12.0 Å². The molecule has 0 amide bonds. The highest BCUT2D eigenvalue weighted by atomic mass is 15.1. The lowest BCUT2D eigenvalue weighted by Gasteiger charge is -2.34. The van der Waals surface area contributed by atoms with Crippen LogP contribution in [0, 0.1) is 5.92 Å². The third-order valence-electron chi connectivity index (χ3n) is 3.62. The van der Waals surface area contributed by atoms with Crippen molar-refractivity contribution in [2.45, 2.75) is 58.9 Å². The van der Waals surface area contributed by atoms with Crippen molar-refractivity contribution < 1.29 is 0 Å². The van der Waals surface area contributed by atoms with E-state index in [9.17, 15) is 0 Å². The molecule has 0 aromatic carbocycles. The van der Waals surface area contributed by atoms with Crippen LogP contribution in [0.1, 0.15) is 52.9 Å². The Balaban J connectivity index is 2.11. The quantitative estimate of drug-likeness (QED) is 0.718. The Labute approximate surface area is 102 Å². The first-order valence-corrected chi connectivity index (χ1v) is 7.22. The summed E-state index contributed by atoms with van der Waals surface area (Å²) in [5.74, 6) is 0.880. The molecule has 0 radical (unpaired) electrons. The highest BCUT2D eigenvalue weighted by Gasteiger charge is 2.19. The first-order chi connectivity index (χ1) is 7.76. The standard InChI is InChI=1S/C14H30N2/c1-4-6-13(3)12-16-10-7-14(8-11-16)15-9-5-2/h13-15H,4-12H2,1-3H3. The van der Waals surface area contributed by atoms with E-state index < -0.39 is 0 Å². The summed E-state index contributed by atoms with van der Waals surface area (Å²) in [5, 5.41) is 3.64. The average molecular weight is 226 g/mol. The summed E-state index contributed by atoms with van der Waals surface area (Å²) in [6, 6.07) is 0.790. The van der Waals surface area contributed by atoms with Crippen LogP contribution < -0.4 is 5.32 Å². The summed E-state index contributed by atoms with van der Waals surface area (Å²) in [7, 11) is 0. The summed E-state index contributed by atoms with van der Waals surface area (Å²) >= 11 is 0. The molecule has 0 spiro atoms. The van der Waals surface area contributed by atoms with E-state index in [-0.39, 0.29) is 0 Å². The lowest BCUT2D eigenvalue weighted by atomic mass is 10.0. The largest absolute Gasteiger partial charge is 0.314 e. The molecule has 0 aromatic rings. The van der Waals surface area contributed by atoms with Gasteiger partial charge in [-0.05, 0) is 51.2 Å². The maximum atomic E-state index is 3.64. The number of rotatable bonds is 7. The van der Waals surface area contributed by atoms with Crippen LogP contribution in [0.2, 0.25) is 0 Å². The van der Waals surface area contributed by atoms with Gasteiger partial charge in [0.25, 0.3) is 0 Å². The van der Waals surface area contributed by atoms with E-state index in [0.29, 0.717) is 0 Å². The monoisotopic (exact) mass is 226 g/mol. The lowest BCUT2D eigenvalue weighted by Crippen LogP contribution is -2.43. The van der Waals surface area contributed by atoms with Crippen molar-refractivity contribution in [3.8, 4) is 0 Å². The Hall–Kier alpha value is -0.0800. The molecule has 0 bridgehead atoms. The first-order valence-electron chi connectivity index (χ1n) is 7.22. The fourth-order valence-corrected chi connectivity index (χ4v) is 2.69. The second-order valence-corrected chi connectivity index (χ2v) is 5.42. The second-order valence-electron chi connectivity index (χ2n) is 5.42. The van der Waals surface area contributed by atoms with Crippen LogP contribution in [0.3, 0.4) is 0 Å². The van der Waals surface area contributed by atoms with Crippen molar-refractivity contribution in [2.75, 3.05) is 26.2 Å². The Kier molecular flexibility index (Phi) is 7.06. The zero-order valence-corrected chi connectivity index (χ0v) is 11.5. The van der Waals surface area contributed by atoms with Crippen molar-refractivity contribution in [3.05, 3.63) is 0 Å². The molecule has 1 unspecified atom stereocenters. The van der Waals surface area contributed by atoms with Crippen LogP contribution in [0.5, 0.6) is 0 Å². The zero-order chi connectivity index (χ0) is 11.8. The Morgan fingerprint density at radius 3 is 2.44 bits per heavy atom. The molecule has 1 saturated heterocycles. The highest BCUT2D eigenvalue weighted by molar-refractivity contribution is 4.77. The van der Waals surface area contributed by atoms with Gasteiger partial charge in [0.15, 0.2) is 0 Å². The topological polar surface area (TPSA) is 15.3 Å². The molecule has 96 valence electrons. The fourth-order valence-electron chi connectivity index (χ4n) is 2.69. The predicted molar refractivity (Wildman–Crippen MR) is 71.8 cm³/mol. The number of likely N-dealkylation sites (tertiary alicyclic amines) is 1. The molecule has 0 aliphatic carbocycles. The number of hydrogen-bond acceptors (Lipinski definition) is 2. The Morgan fingerprint density at radius 2 is 1.88 bits per heavy atom. The van der Waals surface area contributed by atoms with Crippen molar-refractivity contribution >= 4 is 0 Å². The van der Waals surface area contributed by atoms with E-state index in [2.05, 4.69) is 31.0 Å². The van der Waals surface area contributed by atoms with Gasteiger partial charge in [-0.25, -0.2) is 0 Å². The third-order valence-corrected chi connectivity index (χ3v) is 3.62. The van der Waals surface area contributed by atoms with Crippen LogP contribution in [0.15, 0.2) is 0 Å².